The van der Waals surface area contributed by atoms with Crippen molar-refractivity contribution in [2.24, 2.45) is 0 Å². The summed E-state index contributed by atoms with van der Waals surface area (Å²) in [5.74, 6) is -2.40. The Bertz CT molecular complexity index is 765. The van der Waals surface area contributed by atoms with Crippen LogP contribution in [-0.2, 0) is 20.0 Å². The molecule has 124 valence electrons. The molecule has 0 aliphatic carbocycles. The lowest BCUT2D eigenvalue weighted by atomic mass is 10.1. The first-order valence-corrected chi connectivity index (χ1v) is 9.85. The number of hydrogen-bond donors (Lipinski definition) is 1. The van der Waals surface area contributed by atoms with Gasteiger partial charge in [0.2, 0.25) is 20.0 Å². The van der Waals surface area contributed by atoms with E-state index >= 15 is 0 Å². The fraction of sp³-hybridized carbons (Fsp3) is 0.500. The second-order valence-corrected chi connectivity index (χ2v) is 8.85. The molecule has 1 aliphatic heterocycles. The van der Waals surface area contributed by atoms with Gasteiger partial charge in [0.05, 0.1) is 11.2 Å². The minimum atomic E-state index is -4.05. The summed E-state index contributed by atoms with van der Waals surface area (Å²) in [6.45, 7) is 0.351. The number of rotatable bonds is 4. The lowest BCUT2D eigenvalue weighted by molar-refractivity contribution is 0.305. The maximum atomic E-state index is 13.2. The summed E-state index contributed by atoms with van der Waals surface area (Å²) in [5.41, 5.74) is 0. The molecule has 0 aromatic heterocycles. The Morgan fingerprint density at radius 1 is 1.18 bits per heavy atom. The van der Waals surface area contributed by atoms with Gasteiger partial charge < -0.3 is 0 Å². The molecule has 0 saturated carbocycles. The summed E-state index contributed by atoms with van der Waals surface area (Å²) in [6.07, 6.45) is 2.03. The van der Waals surface area contributed by atoms with Gasteiger partial charge in [0, 0.05) is 19.1 Å². The molecule has 1 heterocycles. The monoisotopic (exact) mass is 354 g/mol. The summed E-state index contributed by atoms with van der Waals surface area (Å²) < 4.78 is 76.9. The Morgan fingerprint density at radius 2 is 1.86 bits per heavy atom. The third kappa shape index (κ3) is 4.00. The molecule has 0 spiro atoms. The highest BCUT2D eigenvalue weighted by molar-refractivity contribution is 7.89. The van der Waals surface area contributed by atoms with Crippen molar-refractivity contribution in [3.63, 3.8) is 0 Å². The molecule has 1 unspecified atom stereocenters. The fourth-order valence-electron chi connectivity index (χ4n) is 2.27. The van der Waals surface area contributed by atoms with Gasteiger partial charge >= 0.3 is 0 Å². The molecule has 1 atom stereocenters. The van der Waals surface area contributed by atoms with E-state index in [0.29, 0.717) is 25.5 Å². The molecule has 22 heavy (non-hydrogen) atoms. The lowest BCUT2D eigenvalue weighted by Gasteiger charge is -2.31. The number of benzene rings is 1. The SMILES string of the molecule is CS(=O)(=O)N1CCCC(NS(=O)(=O)c2ccc(F)c(F)c2)C1. The summed E-state index contributed by atoms with van der Waals surface area (Å²) in [6, 6.07) is 1.67. The van der Waals surface area contributed by atoms with Gasteiger partial charge in [-0.1, -0.05) is 0 Å². The maximum Gasteiger partial charge on any atom is 0.240 e. The van der Waals surface area contributed by atoms with E-state index in [0.717, 1.165) is 18.4 Å². The molecular formula is C12H16F2N2O4S2. The third-order valence-electron chi connectivity index (χ3n) is 3.38. The van der Waals surface area contributed by atoms with Crippen molar-refractivity contribution in [1.29, 1.82) is 0 Å². The Morgan fingerprint density at radius 3 is 2.45 bits per heavy atom. The molecule has 1 aromatic rings. The van der Waals surface area contributed by atoms with Crippen LogP contribution < -0.4 is 4.72 Å². The van der Waals surface area contributed by atoms with Crippen LogP contribution in [0.15, 0.2) is 23.1 Å². The second kappa shape index (κ2) is 6.19. The third-order valence-corrected chi connectivity index (χ3v) is 6.16. The molecule has 1 fully saturated rings. The number of nitrogens with zero attached hydrogens (tertiary/aromatic N) is 1. The molecule has 1 aromatic carbocycles. The minimum Gasteiger partial charge on any atom is -0.213 e. The first-order chi connectivity index (χ1) is 10.1. The molecule has 6 nitrogen and oxygen atoms in total. The standard InChI is InChI=1S/C12H16F2N2O4S2/c1-21(17,18)16-6-2-3-9(8-16)15-22(19,20)10-4-5-11(13)12(14)7-10/h4-5,7,9,15H,2-3,6,8H2,1H3. The average molecular weight is 354 g/mol. The van der Waals surface area contributed by atoms with Crippen molar-refractivity contribution in [1.82, 2.24) is 9.03 Å². The van der Waals surface area contributed by atoms with E-state index < -0.39 is 42.6 Å². The van der Waals surface area contributed by atoms with Crippen LogP contribution in [0.1, 0.15) is 12.8 Å². The van der Waals surface area contributed by atoms with Gasteiger partial charge in [-0.25, -0.2) is 34.6 Å². The van der Waals surface area contributed by atoms with Gasteiger partial charge in [0.15, 0.2) is 11.6 Å². The van der Waals surface area contributed by atoms with Gasteiger partial charge in [-0.2, -0.15) is 0 Å². The molecular weight excluding hydrogens is 338 g/mol. The van der Waals surface area contributed by atoms with E-state index in [1.807, 2.05) is 0 Å². The molecule has 1 N–H and O–H groups in total. The Hall–Kier alpha value is -1.10. The second-order valence-electron chi connectivity index (χ2n) is 5.16. The van der Waals surface area contributed by atoms with Crippen molar-refractivity contribution < 1.29 is 25.6 Å². The van der Waals surface area contributed by atoms with Crippen molar-refractivity contribution in [3.8, 4) is 0 Å². The molecule has 1 aliphatic rings. The highest BCUT2D eigenvalue weighted by Gasteiger charge is 2.29. The highest BCUT2D eigenvalue weighted by Crippen LogP contribution is 2.18. The van der Waals surface area contributed by atoms with Crippen LogP contribution in [0.5, 0.6) is 0 Å². The Labute approximate surface area is 128 Å². The topological polar surface area (TPSA) is 83.6 Å². The number of halogens is 2. The van der Waals surface area contributed by atoms with Crippen molar-refractivity contribution >= 4 is 20.0 Å². The van der Waals surface area contributed by atoms with Crippen molar-refractivity contribution in [3.05, 3.63) is 29.8 Å². The molecule has 10 heteroatoms. The van der Waals surface area contributed by atoms with Gasteiger partial charge in [-0.05, 0) is 31.0 Å². The predicted molar refractivity (Wildman–Crippen MR) is 76.1 cm³/mol. The largest absolute Gasteiger partial charge is 0.240 e. The van der Waals surface area contributed by atoms with Crippen LogP contribution in [0.3, 0.4) is 0 Å². The number of hydrogen-bond acceptors (Lipinski definition) is 4. The normalized spacial score (nSPS) is 21.0. The van der Waals surface area contributed by atoms with E-state index in [1.54, 1.807) is 0 Å². The van der Waals surface area contributed by atoms with Crippen LogP contribution in [0.2, 0.25) is 0 Å². The first-order valence-electron chi connectivity index (χ1n) is 6.52. The van der Waals surface area contributed by atoms with Crippen LogP contribution in [0, 0.1) is 11.6 Å². The van der Waals surface area contributed by atoms with Crippen LogP contribution >= 0.6 is 0 Å². The number of piperidine rings is 1. The summed E-state index contributed by atoms with van der Waals surface area (Å²) in [5, 5.41) is 0. The predicted octanol–water partition coefficient (Wildman–Crippen LogP) is 0.667. The summed E-state index contributed by atoms with van der Waals surface area (Å²) >= 11 is 0. The van der Waals surface area contributed by atoms with Gasteiger partial charge in [-0.15, -0.1) is 0 Å². The quantitative estimate of drug-likeness (QED) is 0.861. The van der Waals surface area contributed by atoms with Crippen LogP contribution in [0.4, 0.5) is 8.78 Å². The first kappa shape index (κ1) is 17.3. The van der Waals surface area contributed by atoms with Crippen molar-refractivity contribution in [2.75, 3.05) is 19.3 Å². The fourth-order valence-corrected chi connectivity index (χ4v) is 4.46. The molecule has 2 rings (SSSR count). The number of nitrogens with one attached hydrogen (secondary N) is 1. The zero-order valence-corrected chi connectivity index (χ0v) is 13.4. The van der Waals surface area contributed by atoms with Crippen LogP contribution in [-0.4, -0.2) is 46.5 Å². The highest BCUT2D eigenvalue weighted by atomic mass is 32.2. The van der Waals surface area contributed by atoms with E-state index in [9.17, 15) is 25.6 Å². The van der Waals surface area contributed by atoms with Gasteiger partial charge in [0.1, 0.15) is 0 Å². The summed E-state index contributed by atoms with van der Waals surface area (Å²) in [7, 11) is -7.45. The Kier molecular flexibility index (Phi) is 4.85. The molecule has 0 amide bonds. The van der Waals surface area contributed by atoms with E-state index in [-0.39, 0.29) is 6.54 Å². The van der Waals surface area contributed by atoms with Crippen molar-refractivity contribution in [2.45, 2.75) is 23.8 Å². The minimum absolute atomic E-state index is 0.0156. The summed E-state index contributed by atoms with van der Waals surface area (Å²) in [4.78, 5) is -0.400. The van der Waals surface area contributed by atoms with E-state index in [2.05, 4.69) is 4.72 Å². The number of sulfonamides is 2. The average Bonchev–Trinajstić information content (AvgIpc) is 2.40. The molecule has 0 bridgehead atoms. The van der Waals surface area contributed by atoms with E-state index in [1.165, 1.54) is 4.31 Å². The van der Waals surface area contributed by atoms with E-state index in [4.69, 9.17) is 0 Å². The zero-order chi connectivity index (χ0) is 16.5. The van der Waals surface area contributed by atoms with Gasteiger partial charge in [-0.3, -0.25) is 0 Å². The maximum absolute atomic E-state index is 13.2. The molecule has 0 radical (unpaired) electrons. The smallest absolute Gasteiger partial charge is 0.213 e. The Balaban J connectivity index is 2.16. The zero-order valence-electron chi connectivity index (χ0n) is 11.8. The lowest BCUT2D eigenvalue weighted by Crippen LogP contribution is -2.49. The molecule has 1 saturated heterocycles. The van der Waals surface area contributed by atoms with Crippen LogP contribution in [0.25, 0.3) is 0 Å². The van der Waals surface area contributed by atoms with Gasteiger partial charge in [0.25, 0.3) is 0 Å².